The summed E-state index contributed by atoms with van der Waals surface area (Å²) in [4.78, 5) is 2.38. The monoisotopic (exact) mass is 1590 g/mol. The van der Waals surface area contributed by atoms with Gasteiger partial charge in [-0.25, -0.2) is 0 Å². The highest BCUT2D eigenvalue weighted by atomic mass is 79.9. The Bertz CT molecular complexity index is 1350. The second-order valence-corrected chi connectivity index (χ2v) is 31.7. The van der Waals surface area contributed by atoms with Crippen LogP contribution in [0.4, 0.5) is 0 Å². The quantitative estimate of drug-likeness (QED) is 0.0458. The van der Waals surface area contributed by atoms with Gasteiger partial charge < -0.3 is 112 Å². The summed E-state index contributed by atoms with van der Waals surface area (Å²) in [5.41, 5.74) is 0. The Labute approximate surface area is 618 Å². The normalized spacial score (nSPS) is 14.9. The summed E-state index contributed by atoms with van der Waals surface area (Å²) in [6, 6.07) is 3.76. The first-order valence-electron chi connectivity index (χ1n) is 38.8. The van der Waals surface area contributed by atoms with Crippen molar-refractivity contribution in [2.75, 3.05) is 123 Å². The molecular formula is C78H171Br5N6. The number of unbranched alkanes of at least 4 members (excludes halogenated alkanes) is 35. The Kier molecular flexibility index (Phi) is 79.2. The third kappa shape index (κ3) is 58.8. The van der Waals surface area contributed by atoms with Crippen molar-refractivity contribution in [2.24, 2.45) is 0 Å². The third-order valence-corrected chi connectivity index (χ3v) is 22.7. The summed E-state index contributed by atoms with van der Waals surface area (Å²) in [5.74, 6) is 0. The number of hydrogen-bond donors (Lipinski definition) is 0. The summed E-state index contributed by atoms with van der Waals surface area (Å²) in [6.07, 6.45) is 64.0. The van der Waals surface area contributed by atoms with E-state index >= 15 is 0 Å². The maximum Gasteiger partial charge on any atom is 0.129 e. The lowest BCUT2D eigenvalue weighted by Gasteiger charge is -2.46. The van der Waals surface area contributed by atoms with Crippen molar-refractivity contribution < 1.29 is 107 Å². The average molecular weight is 1590 g/mol. The molecule has 6 unspecified atom stereocenters. The van der Waals surface area contributed by atoms with Crippen molar-refractivity contribution in [3.63, 3.8) is 0 Å². The predicted molar refractivity (Wildman–Crippen MR) is 385 cm³/mol. The summed E-state index contributed by atoms with van der Waals surface area (Å²) in [7, 11) is 24.8. The molecule has 0 N–H and O–H groups in total. The van der Waals surface area contributed by atoms with Gasteiger partial charge in [0.2, 0.25) is 0 Å². The van der Waals surface area contributed by atoms with E-state index in [4.69, 9.17) is 0 Å². The van der Waals surface area contributed by atoms with Crippen LogP contribution in [0.15, 0.2) is 0 Å². The number of halogens is 5. The molecular weight excluding hydrogens is 1420 g/mol. The topological polar surface area (TPSA) is 3.24 Å². The first-order chi connectivity index (χ1) is 39.9. The van der Waals surface area contributed by atoms with Crippen LogP contribution in [0.3, 0.4) is 0 Å². The van der Waals surface area contributed by atoms with Gasteiger partial charge in [-0.1, -0.05) is 259 Å². The molecule has 0 radical (unpaired) electrons. The van der Waals surface area contributed by atoms with Gasteiger partial charge in [-0.05, 0) is 113 Å². The van der Waals surface area contributed by atoms with E-state index in [-0.39, 0.29) is 84.9 Å². The zero-order valence-electron chi connectivity index (χ0n) is 64.9. The molecule has 0 heterocycles. The average Bonchev–Trinajstić information content (AvgIpc) is 1.83. The number of quaternary nitrogens is 5. The van der Waals surface area contributed by atoms with Gasteiger partial charge in [0.15, 0.2) is 0 Å². The van der Waals surface area contributed by atoms with Crippen LogP contribution in [0.1, 0.15) is 358 Å². The second-order valence-electron chi connectivity index (χ2n) is 31.7. The van der Waals surface area contributed by atoms with E-state index < -0.39 is 0 Å². The largest absolute Gasteiger partial charge is 1.00 e. The smallest absolute Gasteiger partial charge is 0.129 e. The van der Waals surface area contributed by atoms with Crippen molar-refractivity contribution in [1.29, 1.82) is 0 Å². The highest BCUT2D eigenvalue weighted by Crippen LogP contribution is 2.26. The van der Waals surface area contributed by atoms with Gasteiger partial charge in [-0.3, -0.25) is 0 Å². The molecule has 548 valence electrons. The van der Waals surface area contributed by atoms with E-state index in [9.17, 15) is 0 Å². The van der Waals surface area contributed by atoms with E-state index in [0.29, 0.717) is 0 Å². The van der Waals surface area contributed by atoms with Gasteiger partial charge in [-0.15, -0.1) is 0 Å². The number of hydrogen-bond acceptors (Lipinski definition) is 1. The van der Waals surface area contributed by atoms with Crippen LogP contribution in [0.25, 0.3) is 0 Å². The van der Waals surface area contributed by atoms with Gasteiger partial charge in [-0.2, -0.15) is 0 Å². The standard InChI is InChI=1S/C45H98N3.C33H73N3.5BrH/c1-12-15-18-21-24-27-30-33-36-43(4)46(7,8)39-41-48(11,45(6)38-35-32-29-26-23-20-17-14-3)42-40-47(9,10)44(5)37-34-31-28-25-22-19-16-13-2;1-10-12-14-16-18-20-22-24-26-32(3)35(7,8)30-31-36(9,29-28-34(5)6)33(4)27-25-23-21-19-17-15-13-11-2;;;;;/h43-45H,12-42H2,1-11H3;32-33H,10-31H2,1-9H3;5*1H/q+3;+2;;;;;/p-5. The van der Waals surface area contributed by atoms with Gasteiger partial charge >= 0.3 is 0 Å². The lowest BCUT2D eigenvalue weighted by Crippen LogP contribution is -3.00. The highest BCUT2D eigenvalue weighted by molar-refractivity contribution is 4.63. The Morgan fingerprint density at radius 2 is 0.371 bits per heavy atom. The third-order valence-electron chi connectivity index (χ3n) is 22.7. The molecule has 6 nitrogen and oxygen atoms in total. The molecule has 0 fully saturated rings. The lowest BCUT2D eigenvalue weighted by atomic mass is 10.0. The molecule has 89 heavy (non-hydrogen) atoms. The molecule has 0 aliphatic carbocycles. The molecule has 0 spiro atoms. The molecule has 0 aromatic heterocycles. The van der Waals surface area contributed by atoms with Crippen LogP contribution >= 0.6 is 0 Å². The minimum atomic E-state index is 0. The van der Waals surface area contributed by atoms with Crippen molar-refractivity contribution >= 4 is 0 Å². The number of likely N-dealkylation sites (N-methyl/N-ethyl adjacent to an activating group) is 6. The highest BCUT2D eigenvalue weighted by Gasteiger charge is 2.37. The zero-order valence-corrected chi connectivity index (χ0v) is 72.9. The molecule has 0 aliphatic rings. The molecule has 0 saturated carbocycles. The summed E-state index contributed by atoms with van der Waals surface area (Å²) < 4.78 is 6.04. The number of rotatable bonds is 62. The van der Waals surface area contributed by atoms with Crippen LogP contribution in [0, 0.1) is 0 Å². The maximum atomic E-state index is 2.64. The summed E-state index contributed by atoms with van der Waals surface area (Å²) in [5, 5.41) is 0. The maximum absolute atomic E-state index is 2.64. The minimum absolute atomic E-state index is 0. The molecule has 6 atom stereocenters. The van der Waals surface area contributed by atoms with Gasteiger partial charge in [0.25, 0.3) is 0 Å². The van der Waals surface area contributed by atoms with Crippen molar-refractivity contribution in [3.8, 4) is 0 Å². The fourth-order valence-electron chi connectivity index (χ4n) is 13.2. The first kappa shape index (κ1) is 105. The van der Waals surface area contributed by atoms with Gasteiger partial charge in [0.05, 0.1) is 93.1 Å². The fraction of sp³-hybridized carbons (Fsp3) is 1.00. The van der Waals surface area contributed by atoms with Crippen molar-refractivity contribution in [1.82, 2.24) is 4.90 Å². The Hall–Kier alpha value is 2.16. The van der Waals surface area contributed by atoms with Crippen LogP contribution < -0.4 is 84.9 Å². The van der Waals surface area contributed by atoms with Crippen LogP contribution in [0.5, 0.6) is 0 Å². The second kappa shape index (κ2) is 67.3. The summed E-state index contributed by atoms with van der Waals surface area (Å²) in [6.45, 7) is 34.6. The van der Waals surface area contributed by atoms with E-state index in [1.165, 1.54) is 364 Å². The molecule has 0 aliphatic heterocycles. The molecule has 11 heteroatoms. The van der Waals surface area contributed by atoms with Crippen molar-refractivity contribution in [2.45, 2.75) is 388 Å². The molecule has 0 aromatic rings. The Morgan fingerprint density at radius 1 is 0.213 bits per heavy atom. The molecule has 0 amide bonds. The molecule has 0 saturated heterocycles. The first-order valence-corrected chi connectivity index (χ1v) is 38.8. The van der Waals surface area contributed by atoms with E-state index in [1.54, 1.807) is 0 Å². The summed E-state index contributed by atoms with van der Waals surface area (Å²) >= 11 is 0. The molecule has 0 bridgehead atoms. The molecule has 0 rings (SSSR count). The minimum Gasteiger partial charge on any atom is -1.00 e. The van der Waals surface area contributed by atoms with E-state index in [1.807, 2.05) is 0 Å². The number of nitrogens with zero attached hydrogens (tertiary/aromatic N) is 6. The van der Waals surface area contributed by atoms with Crippen LogP contribution in [-0.2, 0) is 0 Å². The molecule has 0 aromatic carbocycles. The fourth-order valence-corrected chi connectivity index (χ4v) is 13.2. The lowest BCUT2D eigenvalue weighted by molar-refractivity contribution is -0.997. The predicted octanol–water partition coefficient (Wildman–Crippen LogP) is 7.27. The zero-order chi connectivity index (χ0) is 63.4. The van der Waals surface area contributed by atoms with Crippen LogP contribution in [0.2, 0.25) is 0 Å². The van der Waals surface area contributed by atoms with E-state index in [2.05, 4.69) is 145 Å². The Balaban J connectivity index is -0.000000296. The van der Waals surface area contributed by atoms with Crippen molar-refractivity contribution in [3.05, 3.63) is 0 Å². The van der Waals surface area contributed by atoms with Gasteiger partial charge in [0.1, 0.15) is 39.3 Å². The van der Waals surface area contributed by atoms with Gasteiger partial charge in [0, 0.05) is 6.54 Å². The van der Waals surface area contributed by atoms with E-state index in [0.717, 1.165) is 30.2 Å². The van der Waals surface area contributed by atoms with Crippen LogP contribution in [-0.4, -0.2) is 180 Å². The Morgan fingerprint density at radius 3 is 0.551 bits per heavy atom. The SMILES string of the molecule is CCCCCCCCCCC(C)[N+](C)(C)CC[N+](C)(CCN(C)C)C(C)CCCCCCCCCC.CCCCCCCCCCC(C)[N+](C)(C)CC[N+](C)(CC[N+](C)(C)C(C)CCCCCCCCCC)C(C)CCCCCCCCCC.[Br-].[Br-].[Br-].[Br-].[Br-].